The van der Waals surface area contributed by atoms with E-state index in [9.17, 15) is 18.8 Å². The van der Waals surface area contributed by atoms with Gasteiger partial charge in [-0.3, -0.25) is 14.4 Å². The number of carbonyl (C=O) groups excluding carboxylic acids is 2. The van der Waals surface area contributed by atoms with Gasteiger partial charge in [0.2, 0.25) is 11.8 Å². The maximum atomic E-state index is 14.2. The van der Waals surface area contributed by atoms with Crippen molar-refractivity contribution in [1.29, 1.82) is 0 Å². The SMILES string of the molecule is Cc1ccc(N2C[C@@H](C(=O)N3CCO[C@H](CC(=O)O)C3)CC2=O)c(F)c1. The number of rotatable bonds is 4. The van der Waals surface area contributed by atoms with Crippen molar-refractivity contribution in [1.82, 2.24) is 4.90 Å². The summed E-state index contributed by atoms with van der Waals surface area (Å²) < 4.78 is 19.5. The molecule has 2 aliphatic rings. The van der Waals surface area contributed by atoms with Gasteiger partial charge in [0, 0.05) is 26.1 Å². The number of benzene rings is 1. The predicted molar refractivity (Wildman–Crippen MR) is 90.2 cm³/mol. The smallest absolute Gasteiger partial charge is 0.306 e. The Morgan fingerprint density at radius 1 is 1.35 bits per heavy atom. The molecule has 1 aromatic rings. The van der Waals surface area contributed by atoms with Crippen LogP contribution in [0.1, 0.15) is 18.4 Å². The summed E-state index contributed by atoms with van der Waals surface area (Å²) in [5.74, 6) is -2.54. The number of carboxylic acids is 1. The molecule has 1 aromatic carbocycles. The molecule has 1 N–H and O–H groups in total. The monoisotopic (exact) mass is 364 g/mol. The van der Waals surface area contributed by atoms with E-state index in [1.165, 1.54) is 11.0 Å². The lowest BCUT2D eigenvalue weighted by Gasteiger charge is -2.33. The molecular weight excluding hydrogens is 343 g/mol. The Morgan fingerprint density at radius 2 is 2.12 bits per heavy atom. The number of aryl methyl sites for hydroxylation is 1. The Morgan fingerprint density at radius 3 is 2.81 bits per heavy atom. The summed E-state index contributed by atoms with van der Waals surface area (Å²) in [7, 11) is 0. The number of hydrogen-bond donors (Lipinski definition) is 1. The van der Waals surface area contributed by atoms with Crippen molar-refractivity contribution in [2.45, 2.75) is 25.9 Å². The number of carboxylic acid groups (broad SMARTS) is 1. The van der Waals surface area contributed by atoms with E-state index in [0.29, 0.717) is 6.54 Å². The molecule has 0 aromatic heterocycles. The average molecular weight is 364 g/mol. The van der Waals surface area contributed by atoms with Crippen LogP contribution >= 0.6 is 0 Å². The van der Waals surface area contributed by atoms with Crippen LogP contribution < -0.4 is 4.90 Å². The maximum absolute atomic E-state index is 14.2. The van der Waals surface area contributed by atoms with Crippen LogP contribution in [0.25, 0.3) is 0 Å². The average Bonchev–Trinajstić information content (AvgIpc) is 2.95. The lowest BCUT2D eigenvalue weighted by atomic mass is 10.1. The summed E-state index contributed by atoms with van der Waals surface area (Å²) in [5, 5.41) is 8.87. The molecule has 2 aliphatic heterocycles. The highest BCUT2D eigenvalue weighted by Crippen LogP contribution is 2.29. The van der Waals surface area contributed by atoms with E-state index in [-0.39, 0.29) is 50.0 Å². The minimum Gasteiger partial charge on any atom is -0.481 e. The number of halogens is 1. The standard InChI is InChI=1S/C18H21FN2O5/c1-11-2-3-15(14(19)6-11)21-9-12(7-16(21)22)18(25)20-4-5-26-13(10-20)8-17(23)24/h2-3,6,12-13H,4-5,7-10H2,1H3,(H,23,24)/t12-,13+/m0/s1. The molecule has 0 spiro atoms. The van der Waals surface area contributed by atoms with E-state index in [4.69, 9.17) is 9.84 Å². The molecule has 26 heavy (non-hydrogen) atoms. The Labute approximate surface area is 150 Å². The molecule has 2 heterocycles. The molecule has 0 saturated carbocycles. The topological polar surface area (TPSA) is 87.2 Å². The first-order chi connectivity index (χ1) is 12.3. The summed E-state index contributed by atoms with van der Waals surface area (Å²) in [6.07, 6.45) is -0.700. The van der Waals surface area contributed by atoms with Gasteiger partial charge in [0.25, 0.3) is 0 Å². The molecule has 0 bridgehead atoms. The molecule has 7 nitrogen and oxygen atoms in total. The second-order valence-corrected chi connectivity index (χ2v) is 6.74. The predicted octanol–water partition coefficient (Wildman–Crippen LogP) is 1.19. The Balaban J connectivity index is 1.68. The second kappa shape index (κ2) is 7.41. The van der Waals surface area contributed by atoms with Gasteiger partial charge in [-0.25, -0.2) is 4.39 Å². The number of amides is 2. The van der Waals surface area contributed by atoms with Gasteiger partial charge in [-0.05, 0) is 24.6 Å². The first kappa shape index (κ1) is 18.3. The Hall–Kier alpha value is -2.48. The molecule has 2 atom stereocenters. The minimum atomic E-state index is -0.985. The number of hydrogen-bond acceptors (Lipinski definition) is 4. The van der Waals surface area contributed by atoms with Crippen molar-refractivity contribution in [2.24, 2.45) is 5.92 Å². The van der Waals surface area contributed by atoms with Crippen LogP contribution in [0.5, 0.6) is 0 Å². The van der Waals surface area contributed by atoms with Crippen molar-refractivity contribution in [3.8, 4) is 0 Å². The van der Waals surface area contributed by atoms with Gasteiger partial charge in [-0.1, -0.05) is 6.07 Å². The van der Waals surface area contributed by atoms with Crippen molar-refractivity contribution in [2.75, 3.05) is 31.1 Å². The van der Waals surface area contributed by atoms with E-state index >= 15 is 0 Å². The van der Waals surface area contributed by atoms with Crippen LogP contribution in [0.2, 0.25) is 0 Å². The molecule has 2 amide bonds. The van der Waals surface area contributed by atoms with Gasteiger partial charge in [0.15, 0.2) is 0 Å². The van der Waals surface area contributed by atoms with E-state index in [1.807, 2.05) is 0 Å². The zero-order valence-corrected chi connectivity index (χ0v) is 14.5. The summed E-state index contributed by atoms with van der Waals surface area (Å²) in [5.41, 5.74) is 0.935. The number of carbonyl (C=O) groups is 3. The molecule has 8 heteroatoms. The maximum Gasteiger partial charge on any atom is 0.306 e. The van der Waals surface area contributed by atoms with Crippen LogP contribution in [0.15, 0.2) is 18.2 Å². The molecule has 140 valence electrons. The van der Waals surface area contributed by atoms with Gasteiger partial charge >= 0.3 is 5.97 Å². The fourth-order valence-electron chi connectivity index (χ4n) is 3.43. The quantitative estimate of drug-likeness (QED) is 0.867. The van der Waals surface area contributed by atoms with E-state index < -0.39 is 23.8 Å². The third-order valence-corrected chi connectivity index (χ3v) is 4.72. The summed E-state index contributed by atoms with van der Waals surface area (Å²) in [6, 6.07) is 4.63. The highest BCUT2D eigenvalue weighted by atomic mass is 19.1. The van der Waals surface area contributed by atoms with Gasteiger partial charge < -0.3 is 19.6 Å². The minimum absolute atomic E-state index is 0.0209. The highest BCUT2D eigenvalue weighted by molar-refractivity contribution is 6.00. The van der Waals surface area contributed by atoms with Gasteiger partial charge in [0.1, 0.15) is 5.82 Å². The Bertz CT molecular complexity index is 738. The highest BCUT2D eigenvalue weighted by Gasteiger charge is 2.39. The largest absolute Gasteiger partial charge is 0.481 e. The van der Waals surface area contributed by atoms with Crippen LogP contribution in [-0.2, 0) is 19.1 Å². The normalized spacial score (nSPS) is 23.4. The van der Waals surface area contributed by atoms with Crippen molar-refractivity contribution in [3.63, 3.8) is 0 Å². The number of nitrogens with zero attached hydrogens (tertiary/aromatic N) is 2. The van der Waals surface area contributed by atoms with E-state index in [1.54, 1.807) is 24.0 Å². The van der Waals surface area contributed by atoms with Crippen LogP contribution in [0, 0.1) is 18.7 Å². The van der Waals surface area contributed by atoms with Crippen LogP contribution in [0.3, 0.4) is 0 Å². The summed E-state index contributed by atoms with van der Waals surface area (Å²) in [4.78, 5) is 38.7. The van der Waals surface area contributed by atoms with E-state index in [0.717, 1.165) is 5.56 Å². The molecule has 0 radical (unpaired) electrons. The molecule has 0 unspecified atom stereocenters. The number of ether oxygens (including phenoxy) is 1. The van der Waals surface area contributed by atoms with Crippen molar-refractivity contribution >= 4 is 23.5 Å². The van der Waals surface area contributed by atoms with Gasteiger partial charge in [0.05, 0.1) is 30.7 Å². The number of aliphatic carboxylic acids is 1. The molecule has 0 aliphatic carbocycles. The molecule has 3 rings (SSSR count). The van der Waals surface area contributed by atoms with Crippen molar-refractivity contribution in [3.05, 3.63) is 29.6 Å². The van der Waals surface area contributed by atoms with Crippen LogP contribution in [0.4, 0.5) is 10.1 Å². The third kappa shape index (κ3) is 3.85. The Kier molecular flexibility index (Phi) is 5.22. The molecular formula is C18H21FN2O5. The lowest BCUT2D eigenvalue weighted by Crippen LogP contribution is -2.48. The number of morpholine rings is 1. The molecule has 2 saturated heterocycles. The summed E-state index contributed by atoms with van der Waals surface area (Å²) in [6.45, 7) is 2.70. The zero-order valence-electron chi connectivity index (χ0n) is 14.5. The van der Waals surface area contributed by atoms with Gasteiger partial charge in [-0.2, -0.15) is 0 Å². The van der Waals surface area contributed by atoms with Crippen LogP contribution in [-0.4, -0.2) is 60.1 Å². The summed E-state index contributed by atoms with van der Waals surface area (Å²) >= 11 is 0. The van der Waals surface area contributed by atoms with E-state index in [2.05, 4.69) is 0 Å². The fourth-order valence-corrected chi connectivity index (χ4v) is 3.43. The zero-order chi connectivity index (χ0) is 18.8. The fraction of sp³-hybridized carbons (Fsp3) is 0.500. The van der Waals surface area contributed by atoms with Crippen molar-refractivity contribution < 1.29 is 28.6 Å². The molecule has 2 fully saturated rings. The lowest BCUT2D eigenvalue weighted by molar-refractivity contribution is -0.149. The second-order valence-electron chi connectivity index (χ2n) is 6.74. The number of anilines is 1. The third-order valence-electron chi connectivity index (χ3n) is 4.72. The first-order valence-electron chi connectivity index (χ1n) is 8.54. The first-order valence-corrected chi connectivity index (χ1v) is 8.54. The van der Waals surface area contributed by atoms with Gasteiger partial charge in [-0.15, -0.1) is 0 Å².